The van der Waals surface area contributed by atoms with Crippen molar-refractivity contribution in [3.05, 3.63) is 87.5 Å². The van der Waals surface area contributed by atoms with Gasteiger partial charge in [0.2, 0.25) is 5.91 Å². The Morgan fingerprint density at radius 3 is 2.69 bits per heavy atom. The summed E-state index contributed by atoms with van der Waals surface area (Å²) in [4.78, 5) is 24.3. The smallest absolute Gasteiger partial charge is 0.311 e. The van der Waals surface area contributed by atoms with Crippen LogP contribution < -0.4 is 0 Å². The molecule has 0 saturated heterocycles. The fraction of sp³-hybridized carbons (Fsp3) is 0.150. The number of phenolic OH excluding ortho intramolecular Hbond substituents is 1. The van der Waals surface area contributed by atoms with Crippen LogP contribution in [-0.4, -0.2) is 27.4 Å². The zero-order chi connectivity index (χ0) is 18.5. The molecule has 2 aromatic rings. The van der Waals surface area contributed by atoms with Crippen molar-refractivity contribution in [3.8, 4) is 5.75 Å². The van der Waals surface area contributed by atoms with Gasteiger partial charge in [0.15, 0.2) is 5.75 Å². The Morgan fingerprint density at radius 2 is 1.92 bits per heavy atom. The van der Waals surface area contributed by atoms with Crippen molar-refractivity contribution in [2.24, 2.45) is 0 Å². The Kier molecular flexibility index (Phi) is 5.12. The summed E-state index contributed by atoms with van der Waals surface area (Å²) >= 11 is 0. The Hall–Kier alpha value is -3.41. The Bertz CT molecular complexity index is 902. The molecule has 0 saturated carbocycles. The zero-order valence-corrected chi connectivity index (χ0v) is 14.0. The first kappa shape index (κ1) is 17.4. The molecule has 6 nitrogen and oxygen atoms in total. The number of phenols is 1. The van der Waals surface area contributed by atoms with Crippen LogP contribution in [0.5, 0.6) is 5.75 Å². The van der Waals surface area contributed by atoms with Crippen molar-refractivity contribution in [2.45, 2.75) is 13.0 Å². The molecule has 6 heteroatoms. The van der Waals surface area contributed by atoms with E-state index in [1.54, 1.807) is 29.2 Å². The first-order chi connectivity index (χ1) is 12.5. The lowest BCUT2D eigenvalue weighted by atomic mass is 10.00. The highest BCUT2D eigenvalue weighted by atomic mass is 16.6. The highest BCUT2D eigenvalue weighted by Gasteiger charge is 2.18. The van der Waals surface area contributed by atoms with E-state index in [4.69, 9.17) is 0 Å². The summed E-state index contributed by atoms with van der Waals surface area (Å²) in [5, 5.41) is 20.2. The molecule has 0 fully saturated rings. The predicted octanol–water partition coefficient (Wildman–Crippen LogP) is 3.45. The third-order valence-corrected chi connectivity index (χ3v) is 4.28. The molecule has 2 aromatic carbocycles. The highest BCUT2D eigenvalue weighted by Crippen LogP contribution is 2.26. The van der Waals surface area contributed by atoms with Gasteiger partial charge in [-0.3, -0.25) is 14.9 Å². The molecule has 1 aliphatic heterocycles. The van der Waals surface area contributed by atoms with Crippen LogP contribution >= 0.6 is 0 Å². The summed E-state index contributed by atoms with van der Waals surface area (Å²) in [6.45, 7) is 1.29. The lowest BCUT2D eigenvalue weighted by Crippen LogP contribution is -2.34. The molecule has 0 aliphatic carbocycles. The molecular weight excluding hydrogens is 332 g/mol. The number of carbonyl (C=O) groups excluding carboxylic acids is 1. The maximum atomic E-state index is 12.3. The summed E-state index contributed by atoms with van der Waals surface area (Å²) in [5.74, 6) is -0.441. The van der Waals surface area contributed by atoms with E-state index in [0.717, 1.165) is 6.42 Å². The molecule has 0 bridgehead atoms. The van der Waals surface area contributed by atoms with E-state index < -0.39 is 4.92 Å². The van der Waals surface area contributed by atoms with E-state index in [9.17, 15) is 20.0 Å². The van der Waals surface area contributed by atoms with Crippen LogP contribution in [0.2, 0.25) is 0 Å². The van der Waals surface area contributed by atoms with Gasteiger partial charge in [-0.25, -0.2) is 0 Å². The SMILES string of the molecule is O=C(/C=C/C=C/c1ccc(O)c([N+](=O)[O-])c1)N1CCc2ccccc2C1. The van der Waals surface area contributed by atoms with Crippen molar-refractivity contribution in [2.75, 3.05) is 6.54 Å². The highest BCUT2D eigenvalue weighted by molar-refractivity contribution is 5.88. The topological polar surface area (TPSA) is 83.7 Å². The summed E-state index contributed by atoms with van der Waals surface area (Å²) in [7, 11) is 0. The average molecular weight is 350 g/mol. The van der Waals surface area contributed by atoms with E-state index >= 15 is 0 Å². The number of allylic oxidation sites excluding steroid dienone is 2. The lowest BCUT2D eigenvalue weighted by molar-refractivity contribution is -0.385. The van der Waals surface area contributed by atoms with Gasteiger partial charge in [-0.2, -0.15) is 0 Å². The molecule has 132 valence electrons. The van der Waals surface area contributed by atoms with Gasteiger partial charge >= 0.3 is 5.69 Å². The van der Waals surface area contributed by atoms with Crippen LogP contribution in [0.1, 0.15) is 16.7 Å². The second-order valence-electron chi connectivity index (χ2n) is 6.00. The lowest BCUT2D eigenvalue weighted by Gasteiger charge is -2.27. The molecule has 26 heavy (non-hydrogen) atoms. The van der Waals surface area contributed by atoms with Crippen LogP contribution in [0.4, 0.5) is 5.69 Å². The number of nitrogens with zero attached hydrogens (tertiary/aromatic N) is 2. The number of aromatic hydroxyl groups is 1. The molecule has 3 rings (SSSR count). The Balaban J connectivity index is 1.62. The van der Waals surface area contributed by atoms with Gasteiger partial charge in [0.05, 0.1) is 4.92 Å². The second kappa shape index (κ2) is 7.65. The summed E-state index contributed by atoms with van der Waals surface area (Å²) in [6.07, 6.45) is 7.23. The summed E-state index contributed by atoms with van der Waals surface area (Å²) < 4.78 is 0. The standard InChI is InChI=1S/C20H18N2O4/c23-19-10-9-15(13-18(19)22(25)26)5-1-4-8-20(24)21-12-11-16-6-2-3-7-17(16)14-21/h1-10,13,23H,11-12,14H2/b5-1+,8-4+. The number of nitro groups is 1. The van der Waals surface area contributed by atoms with Crippen LogP contribution in [0.25, 0.3) is 6.08 Å². The molecule has 1 heterocycles. The average Bonchev–Trinajstić information content (AvgIpc) is 2.65. The van der Waals surface area contributed by atoms with E-state index in [1.807, 2.05) is 18.2 Å². The predicted molar refractivity (Wildman–Crippen MR) is 98.5 cm³/mol. The minimum Gasteiger partial charge on any atom is -0.502 e. The van der Waals surface area contributed by atoms with Gasteiger partial charge < -0.3 is 10.0 Å². The first-order valence-corrected chi connectivity index (χ1v) is 8.22. The Morgan fingerprint density at radius 1 is 1.15 bits per heavy atom. The van der Waals surface area contributed by atoms with Crippen LogP contribution in [-0.2, 0) is 17.8 Å². The largest absolute Gasteiger partial charge is 0.502 e. The van der Waals surface area contributed by atoms with Crippen molar-refractivity contribution >= 4 is 17.7 Å². The van der Waals surface area contributed by atoms with Gasteiger partial charge in [0.25, 0.3) is 0 Å². The summed E-state index contributed by atoms with van der Waals surface area (Å²) in [5.41, 5.74) is 2.68. The molecular formula is C20H18N2O4. The second-order valence-corrected chi connectivity index (χ2v) is 6.00. The van der Waals surface area contributed by atoms with E-state index in [-0.39, 0.29) is 17.3 Å². The third kappa shape index (κ3) is 3.97. The molecule has 1 N–H and O–H groups in total. The van der Waals surface area contributed by atoms with Gasteiger partial charge in [-0.15, -0.1) is 0 Å². The molecule has 0 aromatic heterocycles. The molecule has 1 amide bonds. The fourth-order valence-electron chi connectivity index (χ4n) is 2.88. The minimum atomic E-state index is -0.639. The number of carbonyl (C=O) groups is 1. The number of nitro benzene ring substituents is 1. The van der Waals surface area contributed by atoms with Crippen LogP contribution in [0.3, 0.4) is 0 Å². The van der Waals surface area contributed by atoms with Crippen LogP contribution in [0.15, 0.2) is 60.7 Å². The molecule has 0 unspecified atom stereocenters. The van der Waals surface area contributed by atoms with E-state index in [1.165, 1.54) is 29.3 Å². The maximum absolute atomic E-state index is 12.3. The maximum Gasteiger partial charge on any atom is 0.311 e. The molecule has 1 aliphatic rings. The van der Waals surface area contributed by atoms with Gasteiger partial charge in [-0.1, -0.05) is 48.6 Å². The quantitative estimate of drug-likeness (QED) is 0.396. The fourth-order valence-corrected chi connectivity index (χ4v) is 2.88. The molecule has 0 radical (unpaired) electrons. The van der Waals surface area contributed by atoms with Gasteiger partial charge in [0.1, 0.15) is 0 Å². The normalized spacial score (nSPS) is 13.9. The third-order valence-electron chi connectivity index (χ3n) is 4.28. The van der Waals surface area contributed by atoms with Crippen LogP contribution in [0, 0.1) is 10.1 Å². The van der Waals surface area contributed by atoms with Crippen molar-refractivity contribution in [3.63, 3.8) is 0 Å². The summed E-state index contributed by atoms with van der Waals surface area (Å²) in [6, 6.07) is 12.2. The van der Waals surface area contributed by atoms with E-state index in [2.05, 4.69) is 6.07 Å². The Labute approximate surface area is 150 Å². The molecule has 0 spiro atoms. The van der Waals surface area contributed by atoms with Crippen molar-refractivity contribution in [1.82, 2.24) is 4.90 Å². The van der Waals surface area contributed by atoms with Crippen molar-refractivity contribution in [1.29, 1.82) is 0 Å². The molecule has 0 atom stereocenters. The van der Waals surface area contributed by atoms with Gasteiger partial charge in [-0.05, 0) is 29.2 Å². The number of benzene rings is 2. The number of amides is 1. The first-order valence-electron chi connectivity index (χ1n) is 8.22. The number of rotatable bonds is 4. The minimum absolute atomic E-state index is 0.0687. The van der Waals surface area contributed by atoms with Crippen molar-refractivity contribution < 1.29 is 14.8 Å². The zero-order valence-electron chi connectivity index (χ0n) is 14.0. The number of hydrogen-bond donors (Lipinski definition) is 1. The number of hydrogen-bond acceptors (Lipinski definition) is 4. The van der Waals surface area contributed by atoms with E-state index in [0.29, 0.717) is 18.7 Å². The number of fused-ring (bicyclic) bond motifs is 1. The van der Waals surface area contributed by atoms with Gasteiger partial charge in [0, 0.05) is 25.2 Å². The monoisotopic (exact) mass is 350 g/mol.